The first-order chi connectivity index (χ1) is 28.3. The summed E-state index contributed by atoms with van der Waals surface area (Å²) in [6.45, 7) is 15.7. The molecular weight excluding hydrogens is 783 g/mol. The number of nitrogens with zero attached hydrogens (tertiary/aromatic N) is 1. The molecule has 1 aliphatic heterocycles. The first-order valence-corrected chi connectivity index (χ1v) is 24.2. The van der Waals surface area contributed by atoms with Crippen LogP contribution in [0.4, 0.5) is 0 Å². The van der Waals surface area contributed by atoms with Crippen molar-refractivity contribution in [1.82, 2.24) is 3.97 Å². The van der Waals surface area contributed by atoms with Gasteiger partial charge in [0.05, 0.1) is 36.8 Å². The number of fused-ring (bicyclic) bond motifs is 1. The van der Waals surface area contributed by atoms with Crippen molar-refractivity contribution in [3.8, 4) is 0 Å². The Labute approximate surface area is 350 Å². The molecule has 0 bridgehead atoms. The zero-order valence-corrected chi connectivity index (χ0v) is 37.0. The smallest absolute Gasteiger partial charge is 0.303 e. The van der Waals surface area contributed by atoms with Crippen molar-refractivity contribution in [1.29, 1.82) is 0 Å². The molecule has 4 aromatic carbocycles. The number of esters is 1. The van der Waals surface area contributed by atoms with E-state index in [1.165, 1.54) is 10.9 Å². The maximum Gasteiger partial charge on any atom is 0.303 e. The molecule has 59 heavy (non-hydrogen) atoms. The minimum atomic E-state index is -3.87. The van der Waals surface area contributed by atoms with Crippen LogP contribution in [0.25, 0.3) is 10.9 Å². The van der Waals surface area contributed by atoms with Gasteiger partial charge in [0.2, 0.25) is 0 Å². The predicted molar refractivity (Wildman–Crippen MR) is 232 cm³/mol. The van der Waals surface area contributed by atoms with Gasteiger partial charge in [-0.3, -0.25) is 4.79 Å². The molecule has 0 N–H and O–H groups in total. The van der Waals surface area contributed by atoms with Gasteiger partial charge in [-0.25, -0.2) is 12.4 Å². The summed E-state index contributed by atoms with van der Waals surface area (Å²) >= 11 is 0. The van der Waals surface area contributed by atoms with Crippen LogP contribution in [0.5, 0.6) is 0 Å². The molecule has 316 valence electrons. The molecular formula is C47H59NO9SSi. The second-order valence-corrected chi connectivity index (χ2v) is 23.4. The molecule has 12 heteroatoms. The van der Waals surface area contributed by atoms with E-state index in [0.717, 1.165) is 22.1 Å². The number of ether oxygens (including phenoxy) is 5. The molecule has 1 aliphatic rings. The molecule has 6 rings (SSSR count). The Kier molecular flexibility index (Phi) is 15.0. The molecule has 2 heterocycles. The quantitative estimate of drug-likeness (QED) is 0.0593. The maximum atomic E-state index is 13.8. The van der Waals surface area contributed by atoms with Gasteiger partial charge >= 0.3 is 5.97 Å². The lowest BCUT2D eigenvalue weighted by Gasteiger charge is -2.48. The number of hydrogen-bond acceptors (Lipinski definition) is 9. The highest BCUT2D eigenvalue weighted by atomic mass is 32.2. The SMILES string of the molecule is CC(=O)O[C@H]1[C@@H](OCCc2cn(S(=O)(=O)c3ccccc3)c3ccccc23)O[C@@H](CO[Si](C(C)C)(C(C)C)C(C)C)[C@H](OCc2ccccc2)[C@H]1OCc1ccccc1. The van der Waals surface area contributed by atoms with Gasteiger partial charge in [-0.1, -0.05) is 139 Å². The minimum Gasteiger partial charge on any atom is -0.454 e. The standard InChI is InChI=1S/C47H59NO9SSi/c1-33(2)59(34(3)4,35(5)6)55-32-43-44(53-30-37-19-11-8-12-20-37)45(54-31-38-21-13-9-14-22-38)46(56-36(7)49)47(57-43)52-28-27-39-29-48(42-26-18-17-25-41(39)42)58(50,51)40-23-15-10-16-24-40/h8-26,29,33-35,43-47H,27-28,30-32H2,1-7H3/t43-,44-,45+,46+,47-/m0/s1. The number of rotatable bonds is 19. The predicted octanol–water partition coefficient (Wildman–Crippen LogP) is 9.46. The van der Waals surface area contributed by atoms with Gasteiger partial charge in [0, 0.05) is 18.5 Å². The van der Waals surface area contributed by atoms with Crippen molar-refractivity contribution in [2.24, 2.45) is 0 Å². The minimum absolute atomic E-state index is 0.124. The van der Waals surface area contributed by atoms with Crippen LogP contribution in [0.15, 0.2) is 126 Å². The largest absolute Gasteiger partial charge is 0.454 e. The maximum absolute atomic E-state index is 13.8. The van der Waals surface area contributed by atoms with Crippen LogP contribution in [0.3, 0.4) is 0 Å². The average molecular weight is 842 g/mol. The van der Waals surface area contributed by atoms with Gasteiger partial charge in [-0.2, -0.15) is 0 Å². The van der Waals surface area contributed by atoms with Crippen LogP contribution in [-0.4, -0.2) is 70.6 Å². The van der Waals surface area contributed by atoms with Crippen molar-refractivity contribution in [2.75, 3.05) is 13.2 Å². The Balaban J connectivity index is 1.34. The number of carbonyl (C=O) groups is 1. The van der Waals surface area contributed by atoms with Crippen molar-refractivity contribution in [3.63, 3.8) is 0 Å². The van der Waals surface area contributed by atoms with E-state index in [-0.39, 0.29) is 31.3 Å². The molecule has 0 radical (unpaired) electrons. The molecule has 1 fully saturated rings. The number of hydrogen-bond donors (Lipinski definition) is 0. The van der Waals surface area contributed by atoms with Gasteiger partial charge in [0.1, 0.15) is 18.3 Å². The number of aromatic nitrogens is 1. The van der Waals surface area contributed by atoms with Gasteiger partial charge < -0.3 is 28.1 Å². The first-order valence-electron chi connectivity index (χ1n) is 20.6. The lowest BCUT2D eigenvalue weighted by Crippen LogP contribution is -2.63. The van der Waals surface area contributed by atoms with E-state index in [4.69, 9.17) is 28.1 Å². The molecule has 10 nitrogen and oxygen atoms in total. The third kappa shape index (κ3) is 10.3. The molecule has 0 unspecified atom stereocenters. The van der Waals surface area contributed by atoms with Crippen LogP contribution in [0.1, 0.15) is 65.2 Å². The molecule has 0 aliphatic carbocycles. The third-order valence-electron chi connectivity index (χ3n) is 11.4. The Morgan fingerprint density at radius 1 is 0.695 bits per heavy atom. The highest BCUT2D eigenvalue weighted by Crippen LogP contribution is 2.43. The van der Waals surface area contributed by atoms with Gasteiger partial charge in [0.25, 0.3) is 10.0 Å². The van der Waals surface area contributed by atoms with Crippen LogP contribution in [0, 0.1) is 0 Å². The fourth-order valence-corrected chi connectivity index (χ4v) is 15.6. The first kappa shape index (κ1) is 44.4. The summed E-state index contributed by atoms with van der Waals surface area (Å²) in [6.07, 6.45) is -2.22. The van der Waals surface area contributed by atoms with Crippen molar-refractivity contribution < 1.29 is 41.3 Å². The van der Waals surface area contributed by atoms with E-state index in [0.29, 0.717) is 28.6 Å². The summed E-state index contributed by atoms with van der Waals surface area (Å²) in [4.78, 5) is 13.1. The van der Waals surface area contributed by atoms with Crippen LogP contribution in [-0.2, 0) is 62.6 Å². The molecule has 0 saturated carbocycles. The summed E-state index contributed by atoms with van der Waals surface area (Å²) in [5.41, 5.74) is 4.25. The Morgan fingerprint density at radius 3 is 1.78 bits per heavy atom. The van der Waals surface area contributed by atoms with Crippen LogP contribution < -0.4 is 0 Å². The number of para-hydroxylation sites is 1. The molecule has 1 aromatic heterocycles. The number of benzene rings is 4. The van der Waals surface area contributed by atoms with Gasteiger partial charge in [-0.15, -0.1) is 0 Å². The third-order valence-corrected chi connectivity index (χ3v) is 19.2. The summed E-state index contributed by atoms with van der Waals surface area (Å²) in [5.74, 6) is -0.517. The van der Waals surface area contributed by atoms with Crippen LogP contribution >= 0.6 is 0 Å². The summed E-state index contributed by atoms with van der Waals surface area (Å²) in [6, 6.07) is 35.5. The normalized spacial score (nSPS) is 20.1. The summed E-state index contributed by atoms with van der Waals surface area (Å²) in [7, 11) is -6.25. The average Bonchev–Trinajstić information content (AvgIpc) is 3.60. The van der Waals surface area contributed by atoms with Gasteiger partial charge in [0.15, 0.2) is 20.7 Å². The fraction of sp³-hybridized carbons (Fsp3) is 0.426. The van der Waals surface area contributed by atoms with Crippen molar-refractivity contribution in [2.45, 2.75) is 120 Å². The van der Waals surface area contributed by atoms with E-state index in [1.807, 2.05) is 78.9 Å². The highest BCUT2D eigenvalue weighted by Gasteiger charge is 2.52. The second kappa shape index (κ2) is 19.9. The zero-order valence-electron chi connectivity index (χ0n) is 35.2. The van der Waals surface area contributed by atoms with E-state index in [1.54, 1.807) is 42.6 Å². The Hall–Kier alpha value is -4.14. The summed E-state index contributed by atoms with van der Waals surface area (Å²) < 4.78 is 69.1. The van der Waals surface area contributed by atoms with Crippen molar-refractivity contribution >= 4 is 35.2 Å². The Bertz CT molecular complexity index is 2170. The topological polar surface area (TPSA) is 112 Å². The van der Waals surface area contributed by atoms with Crippen LogP contribution in [0.2, 0.25) is 16.6 Å². The Morgan fingerprint density at radius 2 is 1.22 bits per heavy atom. The molecule has 0 spiro atoms. The molecule has 0 amide bonds. The van der Waals surface area contributed by atoms with Gasteiger partial charge in [-0.05, 0) is 57.9 Å². The monoisotopic (exact) mass is 841 g/mol. The highest BCUT2D eigenvalue weighted by molar-refractivity contribution is 7.90. The van der Waals surface area contributed by atoms with E-state index >= 15 is 0 Å². The van der Waals surface area contributed by atoms with E-state index < -0.39 is 55.0 Å². The van der Waals surface area contributed by atoms with Crippen molar-refractivity contribution in [3.05, 3.63) is 138 Å². The molecule has 5 aromatic rings. The lowest BCUT2D eigenvalue weighted by atomic mass is 9.98. The fourth-order valence-electron chi connectivity index (χ4n) is 8.72. The number of carbonyl (C=O) groups excluding carboxylic acids is 1. The molecule has 1 saturated heterocycles. The summed E-state index contributed by atoms with van der Waals surface area (Å²) in [5, 5.41) is 0.791. The van der Waals surface area contributed by atoms with E-state index in [9.17, 15) is 13.2 Å². The molecule has 5 atom stereocenters. The lowest BCUT2D eigenvalue weighted by molar-refractivity contribution is -0.318. The zero-order chi connectivity index (χ0) is 42.2. The van der Waals surface area contributed by atoms with E-state index in [2.05, 4.69) is 41.5 Å². The second-order valence-electron chi connectivity index (χ2n) is 16.2.